The van der Waals surface area contributed by atoms with E-state index in [1.54, 1.807) is 7.05 Å². The molecule has 0 amide bonds. The van der Waals surface area contributed by atoms with Crippen molar-refractivity contribution >= 4 is 15.9 Å². The number of methoxy groups -OCH3 is 2. The third-order valence-corrected chi connectivity index (χ3v) is 2.39. The molecule has 80 valence electrons. The van der Waals surface area contributed by atoms with Crippen LogP contribution in [-0.4, -0.2) is 40.6 Å². The number of rotatable bonds is 4. The Morgan fingerprint density at radius 1 is 1.43 bits per heavy atom. The molecular formula is C7H12BrN3O3. The van der Waals surface area contributed by atoms with Crippen LogP contribution in [0, 0.1) is 0 Å². The summed E-state index contributed by atoms with van der Waals surface area (Å²) in [5.74, 6) is 0. The summed E-state index contributed by atoms with van der Waals surface area (Å²) >= 11 is 3.18. The van der Waals surface area contributed by atoms with E-state index in [1.807, 2.05) is 0 Å². The van der Waals surface area contributed by atoms with Crippen molar-refractivity contribution in [3.8, 4) is 0 Å². The van der Waals surface area contributed by atoms with E-state index in [9.17, 15) is 5.11 Å². The Morgan fingerprint density at radius 2 is 2.00 bits per heavy atom. The maximum absolute atomic E-state index is 9.85. The Hall–Kier alpha value is -0.500. The highest BCUT2D eigenvalue weighted by Crippen LogP contribution is 2.24. The predicted octanol–water partition coefficient (Wildman–Crippen LogP) is 0.230. The number of ether oxygens (including phenoxy) is 2. The van der Waals surface area contributed by atoms with Crippen molar-refractivity contribution in [2.75, 3.05) is 14.2 Å². The number of hydrogen-bond acceptors (Lipinski definition) is 5. The first-order valence-electron chi connectivity index (χ1n) is 3.90. The summed E-state index contributed by atoms with van der Waals surface area (Å²) in [6.07, 6.45) is -1.66. The van der Waals surface area contributed by atoms with Crippen LogP contribution in [0.25, 0.3) is 0 Å². The fourth-order valence-electron chi connectivity index (χ4n) is 1.14. The van der Waals surface area contributed by atoms with Crippen molar-refractivity contribution < 1.29 is 14.6 Å². The Morgan fingerprint density at radius 3 is 2.36 bits per heavy atom. The zero-order valence-electron chi connectivity index (χ0n) is 8.14. The molecule has 7 heteroatoms. The Kier molecular flexibility index (Phi) is 3.99. The van der Waals surface area contributed by atoms with Gasteiger partial charge in [-0.15, -0.1) is 5.10 Å². The van der Waals surface area contributed by atoms with Crippen LogP contribution in [-0.2, 0) is 16.5 Å². The minimum Gasteiger partial charge on any atom is -0.381 e. The summed E-state index contributed by atoms with van der Waals surface area (Å²) in [5, 5.41) is 17.3. The largest absolute Gasteiger partial charge is 0.381 e. The van der Waals surface area contributed by atoms with Crippen LogP contribution in [0.1, 0.15) is 11.8 Å². The van der Waals surface area contributed by atoms with E-state index in [0.717, 1.165) is 0 Å². The van der Waals surface area contributed by atoms with Gasteiger partial charge in [-0.3, -0.25) is 0 Å². The molecule has 0 spiro atoms. The highest BCUT2D eigenvalue weighted by molar-refractivity contribution is 9.10. The number of nitrogens with zero attached hydrogens (tertiary/aromatic N) is 3. The van der Waals surface area contributed by atoms with Gasteiger partial charge in [0.15, 0.2) is 10.9 Å². The Balaban J connectivity index is 2.92. The Bertz CT molecular complexity index is 281. The molecule has 1 heterocycles. The first-order valence-corrected chi connectivity index (χ1v) is 4.69. The quantitative estimate of drug-likeness (QED) is 0.790. The van der Waals surface area contributed by atoms with Crippen LogP contribution in [0.2, 0.25) is 0 Å². The third kappa shape index (κ3) is 2.11. The second-order valence-electron chi connectivity index (χ2n) is 2.67. The van der Waals surface area contributed by atoms with Crippen molar-refractivity contribution in [1.29, 1.82) is 0 Å². The average molecular weight is 266 g/mol. The molecule has 14 heavy (non-hydrogen) atoms. The molecule has 1 aromatic rings. The molecule has 1 rings (SSSR count). The van der Waals surface area contributed by atoms with Crippen molar-refractivity contribution in [3.05, 3.63) is 10.3 Å². The molecule has 6 nitrogen and oxygen atoms in total. The SMILES string of the molecule is COC(OC)C(O)c1c(Br)nnn1C. The molecule has 0 aliphatic heterocycles. The summed E-state index contributed by atoms with van der Waals surface area (Å²) in [4.78, 5) is 0. The van der Waals surface area contributed by atoms with Crippen molar-refractivity contribution in [1.82, 2.24) is 15.0 Å². The van der Waals surface area contributed by atoms with Gasteiger partial charge in [0.05, 0.1) is 0 Å². The van der Waals surface area contributed by atoms with Gasteiger partial charge in [0, 0.05) is 21.3 Å². The van der Waals surface area contributed by atoms with E-state index < -0.39 is 12.4 Å². The minimum atomic E-state index is -0.931. The average Bonchev–Trinajstić information content (AvgIpc) is 2.48. The topological polar surface area (TPSA) is 69.4 Å². The van der Waals surface area contributed by atoms with Crippen LogP contribution in [0.15, 0.2) is 4.60 Å². The number of aromatic nitrogens is 3. The van der Waals surface area contributed by atoms with E-state index in [-0.39, 0.29) is 0 Å². The van der Waals surface area contributed by atoms with Crippen LogP contribution >= 0.6 is 15.9 Å². The second kappa shape index (κ2) is 4.83. The van der Waals surface area contributed by atoms with Crippen LogP contribution in [0.3, 0.4) is 0 Å². The minimum absolute atomic E-state index is 0.478. The van der Waals surface area contributed by atoms with Crippen LogP contribution < -0.4 is 0 Å². The molecular weight excluding hydrogens is 254 g/mol. The molecule has 0 radical (unpaired) electrons. The van der Waals surface area contributed by atoms with E-state index >= 15 is 0 Å². The molecule has 1 atom stereocenters. The second-order valence-corrected chi connectivity index (χ2v) is 3.42. The maximum Gasteiger partial charge on any atom is 0.188 e. The highest BCUT2D eigenvalue weighted by atomic mass is 79.9. The number of aliphatic hydroxyl groups is 1. The fourth-order valence-corrected chi connectivity index (χ4v) is 1.70. The van der Waals surface area contributed by atoms with Crippen molar-refractivity contribution in [2.45, 2.75) is 12.4 Å². The third-order valence-electron chi connectivity index (χ3n) is 1.83. The van der Waals surface area contributed by atoms with Gasteiger partial charge in [-0.05, 0) is 15.9 Å². The van der Waals surface area contributed by atoms with Crippen molar-refractivity contribution in [3.63, 3.8) is 0 Å². The lowest BCUT2D eigenvalue weighted by molar-refractivity contribution is -0.168. The standard InChI is InChI=1S/C7H12BrN3O3/c1-11-4(6(8)9-10-11)5(12)7(13-2)14-3/h5,7,12H,1-3H3. The smallest absolute Gasteiger partial charge is 0.188 e. The number of aliphatic hydroxyl groups excluding tert-OH is 1. The first kappa shape index (κ1) is 11.6. The normalized spacial score (nSPS) is 13.6. The maximum atomic E-state index is 9.85. The first-order chi connectivity index (χ1) is 6.61. The highest BCUT2D eigenvalue weighted by Gasteiger charge is 2.26. The van der Waals surface area contributed by atoms with Gasteiger partial charge >= 0.3 is 0 Å². The molecule has 0 bridgehead atoms. The number of hydrogen-bond donors (Lipinski definition) is 1. The van der Waals surface area contributed by atoms with Gasteiger partial charge in [-0.2, -0.15) is 0 Å². The van der Waals surface area contributed by atoms with E-state index in [2.05, 4.69) is 26.2 Å². The molecule has 1 unspecified atom stereocenters. The van der Waals surface area contributed by atoms with Gasteiger partial charge in [0.1, 0.15) is 11.8 Å². The van der Waals surface area contributed by atoms with Gasteiger partial charge in [0.25, 0.3) is 0 Å². The summed E-state index contributed by atoms with van der Waals surface area (Å²) in [6.45, 7) is 0. The van der Waals surface area contributed by atoms with Gasteiger partial charge in [-0.25, -0.2) is 4.68 Å². The molecule has 1 N–H and O–H groups in total. The number of aryl methyl sites for hydroxylation is 1. The predicted molar refractivity (Wildman–Crippen MR) is 51.5 cm³/mol. The molecule has 0 fully saturated rings. The zero-order valence-corrected chi connectivity index (χ0v) is 9.72. The fraction of sp³-hybridized carbons (Fsp3) is 0.714. The molecule has 0 aliphatic rings. The molecule has 0 saturated carbocycles. The van der Waals surface area contributed by atoms with Crippen LogP contribution in [0.4, 0.5) is 0 Å². The lowest BCUT2D eigenvalue weighted by Gasteiger charge is -2.19. The summed E-state index contributed by atoms with van der Waals surface area (Å²) in [7, 11) is 4.59. The number of halogens is 1. The molecule has 0 saturated heterocycles. The summed E-state index contributed by atoms with van der Waals surface area (Å²) < 4.78 is 11.8. The lowest BCUT2D eigenvalue weighted by atomic mass is 10.2. The summed E-state index contributed by atoms with van der Waals surface area (Å²) in [6, 6.07) is 0. The summed E-state index contributed by atoms with van der Waals surface area (Å²) in [5.41, 5.74) is 0.513. The van der Waals surface area contributed by atoms with E-state index in [0.29, 0.717) is 10.3 Å². The lowest BCUT2D eigenvalue weighted by Crippen LogP contribution is -2.24. The van der Waals surface area contributed by atoms with Crippen LogP contribution in [0.5, 0.6) is 0 Å². The monoisotopic (exact) mass is 265 g/mol. The Labute approximate surface area is 89.9 Å². The van der Waals surface area contributed by atoms with E-state index in [4.69, 9.17) is 9.47 Å². The van der Waals surface area contributed by atoms with Gasteiger partial charge in [0.2, 0.25) is 0 Å². The molecule has 1 aromatic heterocycles. The van der Waals surface area contributed by atoms with Gasteiger partial charge < -0.3 is 14.6 Å². The molecule has 0 aliphatic carbocycles. The van der Waals surface area contributed by atoms with E-state index in [1.165, 1.54) is 18.9 Å². The molecule has 0 aromatic carbocycles. The van der Waals surface area contributed by atoms with Crippen molar-refractivity contribution in [2.24, 2.45) is 7.05 Å². The van der Waals surface area contributed by atoms with Gasteiger partial charge in [-0.1, -0.05) is 5.21 Å². The zero-order chi connectivity index (χ0) is 10.7.